The monoisotopic (exact) mass is 412 g/mol. The topological polar surface area (TPSA) is 79.9 Å². The highest BCUT2D eigenvalue weighted by Gasteiger charge is 2.30. The molecule has 152 valence electrons. The second-order valence-electron chi connectivity index (χ2n) is 7.14. The molecule has 29 heavy (non-hydrogen) atoms. The summed E-state index contributed by atoms with van der Waals surface area (Å²) in [5.41, 5.74) is 3.37. The number of rotatable bonds is 7. The molecule has 0 radical (unpaired) electrons. The van der Waals surface area contributed by atoms with Gasteiger partial charge in [-0.1, -0.05) is 11.8 Å². The molecule has 4 rings (SSSR count). The lowest BCUT2D eigenvalue weighted by Crippen LogP contribution is -2.82. The van der Waals surface area contributed by atoms with E-state index in [1.165, 1.54) is 11.3 Å². The molecule has 3 N–H and O–H groups in total. The molecule has 2 atom stereocenters. The molecular weight excluding hydrogens is 386 g/mol. The van der Waals surface area contributed by atoms with Crippen LogP contribution in [0.15, 0.2) is 53.7 Å². The molecule has 1 fully saturated rings. The zero-order valence-corrected chi connectivity index (χ0v) is 17.6. The fourth-order valence-electron chi connectivity index (χ4n) is 3.23. The lowest BCUT2D eigenvalue weighted by molar-refractivity contribution is -0.697. The van der Waals surface area contributed by atoms with Crippen LogP contribution in [0.25, 0.3) is 11.4 Å². The summed E-state index contributed by atoms with van der Waals surface area (Å²) in [7, 11) is 5.75. The van der Waals surface area contributed by atoms with Crippen molar-refractivity contribution in [1.29, 1.82) is 0 Å². The van der Waals surface area contributed by atoms with Gasteiger partial charge in [0.05, 0.1) is 7.11 Å². The predicted octanol–water partition coefficient (Wildman–Crippen LogP) is 2.30. The molecular formula is C21H26N5O2S+. The average Bonchev–Trinajstić information content (AvgIpc) is 3.42. The Morgan fingerprint density at radius 2 is 1.93 bits per heavy atom. The van der Waals surface area contributed by atoms with E-state index in [1.54, 1.807) is 18.9 Å². The van der Waals surface area contributed by atoms with E-state index >= 15 is 0 Å². The molecule has 1 saturated heterocycles. The van der Waals surface area contributed by atoms with Crippen molar-refractivity contribution in [3.8, 4) is 17.1 Å². The van der Waals surface area contributed by atoms with Crippen molar-refractivity contribution < 1.29 is 14.8 Å². The van der Waals surface area contributed by atoms with Crippen LogP contribution in [0.4, 0.5) is 5.69 Å². The molecule has 1 aliphatic heterocycles. The number of benzene rings is 2. The summed E-state index contributed by atoms with van der Waals surface area (Å²) >= 11 is 1.61. The van der Waals surface area contributed by atoms with Crippen LogP contribution in [0.5, 0.6) is 5.75 Å². The molecule has 2 aromatic carbocycles. The maximum Gasteiger partial charge on any atom is 0.217 e. The second-order valence-corrected chi connectivity index (χ2v) is 8.13. The van der Waals surface area contributed by atoms with E-state index < -0.39 is 0 Å². The number of nitrogens with zero attached hydrogens (tertiary/aromatic N) is 3. The number of nitrogens with one attached hydrogen (secondary N) is 1. The Balaban J connectivity index is 1.30. The minimum atomic E-state index is 0.0545. The van der Waals surface area contributed by atoms with Crippen molar-refractivity contribution in [2.45, 2.75) is 17.5 Å². The van der Waals surface area contributed by atoms with Crippen molar-refractivity contribution >= 4 is 17.4 Å². The Labute approximate surface area is 174 Å². The molecule has 8 heteroatoms. The van der Waals surface area contributed by atoms with Crippen LogP contribution in [0.3, 0.4) is 0 Å². The standard InChI is InChI=1S/C21H25N5O2S/c1-26(2)16-8-4-15(5-9-16)20-22-12-18(28-20)13-29-21-23-19(24-25-21)14-6-10-17(27-3)11-7-14/h4-11,18,20,22H,12-13H2,1-3H3,(H,23,24,25)/p+1/t18-,20+/m1/s1. The highest BCUT2D eigenvalue weighted by molar-refractivity contribution is 7.99. The van der Waals surface area contributed by atoms with Gasteiger partial charge in [-0.25, -0.2) is 4.98 Å². The van der Waals surface area contributed by atoms with E-state index in [1.807, 2.05) is 38.4 Å². The predicted molar refractivity (Wildman–Crippen MR) is 114 cm³/mol. The lowest BCUT2D eigenvalue weighted by Gasteiger charge is -2.14. The third-order valence-corrected chi connectivity index (χ3v) is 5.90. The van der Waals surface area contributed by atoms with Crippen molar-refractivity contribution in [1.82, 2.24) is 15.2 Å². The van der Waals surface area contributed by atoms with Crippen LogP contribution < -0.4 is 15.0 Å². The molecule has 0 saturated carbocycles. The smallest absolute Gasteiger partial charge is 0.217 e. The van der Waals surface area contributed by atoms with E-state index in [0.29, 0.717) is 0 Å². The molecule has 0 unspecified atom stereocenters. The van der Waals surface area contributed by atoms with E-state index in [9.17, 15) is 0 Å². The first-order valence-electron chi connectivity index (χ1n) is 9.58. The number of anilines is 1. The number of nitrogens with two attached hydrogens (primary N) is 1. The van der Waals surface area contributed by atoms with Crippen LogP contribution in [0.1, 0.15) is 11.8 Å². The number of H-pyrrole nitrogens is 1. The van der Waals surface area contributed by atoms with Gasteiger partial charge in [-0.3, -0.25) is 5.10 Å². The minimum absolute atomic E-state index is 0.0545. The normalized spacial score (nSPS) is 18.7. The van der Waals surface area contributed by atoms with Crippen molar-refractivity contribution in [2.75, 3.05) is 38.4 Å². The molecule has 0 amide bonds. The Kier molecular flexibility index (Phi) is 6.03. The molecule has 1 aromatic heterocycles. The number of aromatic amines is 1. The Bertz CT molecular complexity index is 927. The first-order chi connectivity index (χ1) is 14.1. The van der Waals surface area contributed by atoms with Gasteiger partial charge in [-0.15, -0.1) is 5.10 Å². The summed E-state index contributed by atoms with van der Waals surface area (Å²) in [4.78, 5) is 6.68. The van der Waals surface area contributed by atoms with Gasteiger partial charge in [0.2, 0.25) is 11.4 Å². The molecule has 0 bridgehead atoms. The zero-order chi connectivity index (χ0) is 20.2. The van der Waals surface area contributed by atoms with Crippen LogP contribution in [0.2, 0.25) is 0 Å². The van der Waals surface area contributed by atoms with Crippen LogP contribution >= 0.6 is 11.8 Å². The number of quaternary nitrogens is 1. The second kappa shape index (κ2) is 8.86. The molecule has 7 nitrogen and oxygen atoms in total. The first kappa shape index (κ1) is 19.8. The van der Waals surface area contributed by atoms with Gasteiger partial charge in [0, 0.05) is 36.7 Å². The van der Waals surface area contributed by atoms with Crippen LogP contribution in [0, 0.1) is 0 Å². The van der Waals surface area contributed by atoms with Gasteiger partial charge in [-0.2, -0.15) is 0 Å². The summed E-state index contributed by atoms with van der Waals surface area (Å²) < 4.78 is 11.4. The number of aromatic nitrogens is 3. The van der Waals surface area contributed by atoms with Gasteiger partial charge in [0.15, 0.2) is 5.82 Å². The average molecular weight is 413 g/mol. The van der Waals surface area contributed by atoms with Gasteiger partial charge in [0.1, 0.15) is 18.4 Å². The number of ether oxygens (including phenoxy) is 2. The van der Waals surface area contributed by atoms with Crippen molar-refractivity contribution in [3.63, 3.8) is 0 Å². The summed E-state index contributed by atoms with van der Waals surface area (Å²) in [6.45, 7) is 0.933. The number of thioether (sulfide) groups is 1. The van der Waals surface area contributed by atoms with Gasteiger partial charge in [0.25, 0.3) is 0 Å². The van der Waals surface area contributed by atoms with Gasteiger partial charge >= 0.3 is 0 Å². The molecule has 2 heterocycles. The van der Waals surface area contributed by atoms with Gasteiger partial charge in [-0.05, 0) is 48.5 Å². The number of methoxy groups -OCH3 is 1. The Morgan fingerprint density at radius 3 is 2.62 bits per heavy atom. The minimum Gasteiger partial charge on any atom is -0.497 e. The zero-order valence-electron chi connectivity index (χ0n) is 16.8. The van der Waals surface area contributed by atoms with Crippen LogP contribution in [-0.4, -0.2) is 54.8 Å². The fraction of sp³-hybridized carbons (Fsp3) is 0.333. The van der Waals surface area contributed by atoms with E-state index in [0.717, 1.165) is 34.6 Å². The largest absolute Gasteiger partial charge is 0.497 e. The molecule has 3 aromatic rings. The summed E-state index contributed by atoms with van der Waals surface area (Å²) in [5, 5.41) is 10.3. The third-order valence-electron chi connectivity index (χ3n) is 4.92. The summed E-state index contributed by atoms with van der Waals surface area (Å²) in [6.07, 6.45) is 0.222. The third kappa shape index (κ3) is 4.72. The number of hydrogen-bond donors (Lipinski definition) is 2. The highest BCUT2D eigenvalue weighted by Crippen LogP contribution is 2.25. The van der Waals surface area contributed by atoms with Gasteiger partial charge < -0.3 is 19.7 Å². The molecule has 1 aliphatic rings. The summed E-state index contributed by atoms with van der Waals surface area (Å²) in [6, 6.07) is 16.3. The molecule has 0 spiro atoms. The molecule has 0 aliphatic carbocycles. The van der Waals surface area contributed by atoms with E-state index in [4.69, 9.17) is 9.47 Å². The van der Waals surface area contributed by atoms with E-state index in [-0.39, 0.29) is 12.3 Å². The number of hydrogen-bond acceptors (Lipinski definition) is 6. The highest BCUT2D eigenvalue weighted by atomic mass is 32.2. The SMILES string of the molecule is COc1ccc(-c2nc(SC[C@H]3C[NH2+][C@H](c4ccc(N(C)C)cc4)O3)n[nH]2)cc1. The quantitative estimate of drug-likeness (QED) is 0.580. The Morgan fingerprint density at radius 1 is 1.17 bits per heavy atom. The fourth-order valence-corrected chi connectivity index (χ4v) is 4.05. The first-order valence-corrected chi connectivity index (χ1v) is 10.6. The van der Waals surface area contributed by atoms with E-state index in [2.05, 4.69) is 49.7 Å². The lowest BCUT2D eigenvalue weighted by atomic mass is 10.2. The Hall–Kier alpha value is -2.55. The van der Waals surface area contributed by atoms with Crippen LogP contribution in [-0.2, 0) is 4.74 Å². The summed E-state index contributed by atoms with van der Waals surface area (Å²) in [5.74, 6) is 2.40. The maximum absolute atomic E-state index is 6.22. The van der Waals surface area contributed by atoms with Crippen molar-refractivity contribution in [3.05, 3.63) is 54.1 Å². The van der Waals surface area contributed by atoms with Crippen molar-refractivity contribution in [2.24, 2.45) is 0 Å². The maximum atomic E-state index is 6.22.